The molecular weight excluding hydrogens is 298 g/mol. The third-order valence-electron chi connectivity index (χ3n) is 4.61. The van der Waals surface area contributed by atoms with Crippen LogP contribution in [-0.4, -0.2) is 46.0 Å². The summed E-state index contributed by atoms with van der Waals surface area (Å²) in [5.74, 6) is 1.51. The fourth-order valence-electron chi connectivity index (χ4n) is 3.37. The van der Waals surface area contributed by atoms with Crippen molar-refractivity contribution in [2.24, 2.45) is 5.92 Å². The number of nitrogens with one attached hydrogen (secondary N) is 1. The summed E-state index contributed by atoms with van der Waals surface area (Å²) in [5.41, 5.74) is 4.02. The molecule has 2 aromatic heterocycles. The minimum atomic E-state index is 0.692. The van der Waals surface area contributed by atoms with E-state index in [-0.39, 0.29) is 0 Å². The molecule has 5 nitrogen and oxygen atoms in total. The van der Waals surface area contributed by atoms with Crippen molar-refractivity contribution in [2.45, 2.75) is 33.6 Å². The van der Waals surface area contributed by atoms with E-state index >= 15 is 0 Å². The lowest BCUT2D eigenvalue weighted by molar-refractivity contribution is 0.190. The average Bonchev–Trinajstić information content (AvgIpc) is 2.55. The Morgan fingerprint density at radius 1 is 1.21 bits per heavy atom. The van der Waals surface area contributed by atoms with Crippen molar-refractivity contribution in [3.63, 3.8) is 0 Å². The fraction of sp³-hybridized carbons (Fsp3) is 0.526. The van der Waals surface area contributed by atoms with E-state index < -0.39 is 0 Å². The normalized spacial score (nSPS) is 18.5. The number of piperidine rings is 1. The zero-order chi connectivity index (χ0) is 16.9. The van der Waals surface area contributed by atoms with Crippen LogP contribution in [-0.2, 0) is 0 Å². The predicted molar refractivity (Wildman–Crippen MR) is 98.1 cm³/mol. The zero-order valence-corrected chi connectivity index (χ0v) is 14.9. The number of aromatic nitrogens is 3. The molecule has 3 rings (SSSR count). The van der Waals surface area contributed by atoms with Crippen molar-refractivity contribution in [3.05, 3.63) is 35.8 Å². The molecule has 0 bridgehead atoms. The van der Waals surface area contributed by atoms with Gasteiger partial charge in [-0.2, -0.15) is 0 Å². The molecule has 0 saturated carbocycles. The monoisotopic (exact) mass is 325 g/mol. The minimum Gasteiger partial charge on any atom is -0.353 e. The molecule has 0 amide bonds. The van der Waals surface area contributed by atoms with Gasteiger partial charge in [-0.25, -0.2) is 9.97 Å². The van der Waals surface area contributed by atoms with E-state index in [1.807, 2.05) is 32.2 Å². The number of aryl methyl sites for hydroxylation is 2. The van der Waals surface area contributed by atoms with Crippen molar-refractivity contribution in [3.8, 4) is 11.3 Å². The number of hydrogen-bond donors (Lipinski definition) is 1. The van der Waals surface area contributed by atoms with Gasteiger partial charge in [-0.15, -0.1) is 0 Å². The van der Waals surface area contributed by atoms with Gasteiger partial charge < -0.3 is 10.2 Å². The molecule has 1 aliphatic rings. The second-order valence-electron chi connectivity index (χ2n) is 6.83. The smallest absolute Gasteiger partial charge is 0.223 e. The number of pyridine rings is 1. The van der Waals surface area contributed by atoms with Crippen LogP contribution in [0.5, 0.6) is 0 Å². The molecule has 0 spiro atoms. The van der Waals surface area contributed by atoms with Crippen molar-refractivity contribution >= 4 is 5.95 Å². The summed E-state index contributed by atoms with van der Waals surface area (Å²) in [6.45, 7) is 10.7. The Balaban J connectivity index is 1.61. The first-order valence-corrected chi connectivity index (χ1v) is 8.86. The Morgan fingerprint density at radius 3 is 2.88 bits per heavy atom. The van der Waals surface area contributed by atoms with E-state index in [1.165, 1.54) is 25.9 Å². The molecule has 1 saturated heterocycles. The molecule has 128 valence electrons. The molecule has 5 heteroatoms. The summed E-state index contributed by atoms with van der Waals surface area (Å²) in [4.78, 5) is 16.0. The van der Waals surface area contributed by atoms with Crippen LogP contribution in [0, 0.1) is 19.8 Å². The lowest BCUT2D eigenvalue weighted by Crippen LogP contribution is -2.37. The van der Waals surface area contributed by atoms with Crippen LogP contribution in [0.4, 0.5) is 5.95 Å². The van der Waals surface area contributed by atoms with E-state index in [2.05, 4.69) is 38.2 Å². The van der Waals surface area contributed by atoms with Gasteiger partial charge in [0.25, 0.3) is 0 Å². The summed E-state index contributed by atoms with van der Waals surface area (Å²) in [7, 11) is 0. The quantitative estimate of drug-likeness (QED) is 0.914. The van der Waals surface area contributed by atoms with Gasteiger partial charge in [0.2, 0.25) is 5.95 Å². The lowest BCUT2D eigenvalue weighted by Gasteiger charge is -2.30. The van der Waals surface area contributed by atoms with Crippen LogP contribution in [0.25, 0.3) is 11.3 Å². The first-order valence-electron chi connectivity index (χ1n) is 8.86. The number of rotatable bonds is 5. The molecule has 3 heterocycles. The van der Waals surface area contributed by atoms with E-state index in [0.717, 1.165) is 41.7 Å². The van der Waals surface area contributed by atoms with Gasteiger partial charge in [-0.05, 0) is 57.4 Å². The first-order chi connectivity index (χ1) is 11.6. The SMILES string of the molecule is Cc1ccc(-c2ccnc(NCCN3CCC[C@@H](C)C3)n2)c(C)n1. The molecule has 2 aromatic rings. The Bertz CT molecular complexity index is 685. The van der Waals surface area contributed by atoms with E-state index in [9.17, 15) is 0 Å². The van der Waals surface area contributed by atoms with Crippen LogP contribution >= 0.6 is 0 Å². The van der Waals surface area contributed by atoms with Crippen LogP contribution in [0.3, 0.4) is 0 Å². The summed E-state index contributed by atoms with van der Waals surface area (Å²) >= 11 is 0. The van der Waals surface area contributed by atoms with Crippen molar-refractivity contribution in [1.29, 1.82) is 0 Å². The molecule has 1 N–H and O–H groups in total. The molecule has 0 radical (unpaired) electrons. The maximum absolute atomic E-state index is 4.65. The maximum atomic E-state index is 4.65. The van der Waals surface area contributed by atoms with Crippen LogP contribution in [0.15, 0.2) is 24.4 Å². The summed E-state index contributed by atoms with van der Waals surface area (Å²) < 4.78 is 0. The number of hydrogen-bond acceptors (Lipinski definition) is 5. The first kappa shape index (κ1) is 16.8. The number of nitrogens with zero attached hydrogens (tertiary/aromatic N) is 4. The number of anilines is 1. The molecule has 1 fully saturated rings. The average molecular weight is 325 g/mol. The highest BCUT2D eigenvalue weighted by Crippen LogP contribution is 2.21. The predicted octanol–water partition coefficient (Wildman–Crippen LogP) is 3.30. The van der Waals surface area contributed by atoms with E-state index in [4.69, 9.17) is 0 Å². The van der Waals surface area contributed by atoms with Gasteiger partial charge in [0, 0.05) is 42.8 Å². The van der Waals surface area contributed by atoms with Gasteiger partial charge in [-0.1, -0.05) is 6.92 Å². The van der Waals surface area contributed by atoms with Crippen molar-refractivity contribution < 1.29 is 0 Å². The topological polar surface area (TPSA) is 53.9 Å². The molecule has 0 aromatic carbocycles. The molecule has 1 aliphatic heterocycles. The van der Waals surface area contributed by atoms with E-state index in [0.29, 0.717) is 5.95 Å². The Morgan fingerprint density at radius 2 is 2.08 bits per heavy atom. The summed E-state index contributed by atoms with van der Waals surface area (Å²) in [6, 6.07) is 6.05. The fourth-order valence-corrected chi connectivity index (χ4v) is 3.37. The Hall–Kier alpha value is -2.01. The van der Waals surface area contributed by atoms with Gasteiger partial charge >= 0.3 is 0 Å². The molecular formula is C19H27N5. The molecule has 0 aliphatic carbocycles. The van der Waals surface area contributed by atoms with Crippen molar-refractivity contribution in [2.75, 3.05) is 31.5 Å². The van der Waals surface area contributed by atoms with E-state index in [1.54, 1.807) is 0 Å². The highest BCUT2D eigenvalue weighted by molar-refractivity contribution is 5.62. The van der Waals surface area contributed by atoms with Crippen LogP contribution < -0.4 is 5.32 Å². The highest BCUT2D eigenvalue weighted by Gasteiger charge is 2.15. The van der Waals surface area contributed by atoms with Crippen LogP contribution in [0.2, 0.25) is 0 Å². The Kier molecular flexibility index (Phi) is 5.41. The minimum absolute atomic E-state index is 0.692. The van der Waals surface area contributed by atoms with Crippen LogP contribution in [0.1, 0.15) is 31.2 Å². The third-order valence-corrected chi connectivity index (χ3v) is 4.61. The van der Waals surface area contributed by atoms with Gasteiger partial charge in [0.1, 0.15) is 0 Å². The molecule has 24 heavy (non-hydrogen) atoms. The maximum Gasteiger partial charge on any atom is 0.223 e. The standard InChI is InChI=1S/C19H27N5/c1-14-5-4-11-24(13-14)12-10-21-19-20-9-8-18(23-19)17-7-6-15(2)22-16(17)3/h6-9,14H,4-5,10-13H2,1-3H3,(H,20,21,23)/t14-/m1/s1. The van der Waals surface area contributed by atoms with Gasteiger partial charge in [0.05, 0.1) is 5.69 Å². The second kappa shape index (κ2) is 7.71. The lowest BCUT2D eigenvalue weighted by atomic mass is 10.0. The zero-order valence-electron chi connectivity index (χ0n) is 14.9. The summed E-state index contributed by atoms with van der Waals surface area (Å²) in [6.07, 6.45) is 4.48. The molecule has 0 unspecified atom stereocenters. The van der Waals surface area contributed by atoms with Gasteiger partial charge in [-0.3, -0.25) is 4.98 Å². The van der Waals surface area contributed by atoms with Crippen molar-refractivity contribution in [1.82, 2.24) is 19.9 Å². The van der Waals surface area contributed by atoms with Gasteiger partial charge in [0.15, 0.2) is 0 Å². The molecule has 1 atom stereocenters. The largest absolute Gasteiger partial charge is 0.353 e. The Labute approximate surface area is 144 Å². The number of likely N-dealkylation sites (tertiary alicyclic amines) is 1. The highest BCUT2D eigenvalue weighted by atomic mass is 15.2. The summed E-state index contributed by atoms with van der Waals surface area (Å²) in [5, 5.41) is 3.36. The third kappa shape index (κ3) is 4.29. The second-order valence-corrected chi connectivity index (χ2v) is 6.83.